The molecule has 0 radical (unpaired) electrons. The van der Waals surface area contributed by atoms with Crippen LogP contribution in [0.2, 0.25) is 5.02 Å². The number of benzene rings is 1. The second-order valence-corrected chi connectivity index (χ2v) is 4.94. The van der Waals surface area contributed by atoms with Gasteiger partial charge in [0, 0.05) is 5.02 Å². The Morgan fingerprint density at radius 1 is 1.35 bits per heavy atom. The molecule has 0 bridgehead atoms. The van der Waals surface area contributed by atoms with Crippen LogP contribution in [-0.2, 0) is 5.75 Å². The summed E-state index contributed by atoms with van der Waals surface area (Å²) in [5, 5.41) is 4.47. The minimum Gasteiger partial charge on any atom is -0.468 e. The van der Waals surface area contributed by atoms with Crippen LogP contribution in [0.15, 0.2) is 52.2 Å². The van der Waals surface area contributed by atoms with Gasteiger partial charge in [0.15, 0.2) is 0 Å². The number of halogens is 1. The van der Waals surface area contributed by atoms with Crippen LogP contribution >= 0.6 is 23.5 Å². The van der Waals surface area contributed by atoms with E-state index in [1.165, 1.54) is 18.2 Å². The number of furan rings is 1. The average molecular weight is 310 g/mol. The molecule has 2 rings (SSSR count). The van der Waals surface area contributed by atoms with E-state index in [0.29, 0.717) is 10.8 Å². The average Bonchev–Trinajstić information content (AvgIpc) is 2.94. The number of carbonyl (C=O) groups is 1. The van der Waals surface area contributed by atoms with Gasteiger partial charge in [0.2, 0.25) is 0 Å². The minimum atomic E-state index is -0.397. The zero-order valence-electron chi connectivity index (χ0n) is 10.4. The topological polar surface area (TPSA) is 66.6 Å². The summed E-state index contributed by atoms with van der Waals surface area (Å²) in [4.78, 5) is 11.4. The molecule has 0 unspecified atom stereocenters. The molecule has 1 aromatic carbocycles. The van der Waals surface area contributed by atoms with Gasteiger partial charge in [-0.2, -0.15) is 5.10 Å². The van der Waals surface area contributed by atoms with Crippen molar-refractivity contribution in [2.24, 2.45) is 5.10 Å². The maximum absolute atomic E-state index is 11.4. The first kappa shape index (κ1) is 14.5. The summed E-state index contributed by atoms with van der Waals surface area (Å²) < 4.78 is 7.72. The summed E-state index contributed by atoms with van der Waals surface area (Å²) in [5.41, 5.74) is 3.21. The molecule has 0 aliphatic carbocycles. The highest BCUT2D eigenvalue weighted by Crippen LogP contribution is 2.09. The molecule has 0 saturated heterocycles. The molecule has 0 aliphatic heterocycles. The number of amides is 2. The summed E-state index contributed by atoms with van der Waals surface area (Å²) >= 11 is 6.98. The highest BCUT2D eigenvalue weighted by Gasteiger charge is 2.00. The third kappa shape index (κ3) is 4.99. The number of urea groups is 1. The van der Waals surface area contributed by atoms with Crippen LogP contribution in [0.1, 0.15) is 11.3 Å². The Morgan fingerprint density at radius 2 is 2.15 bits per heavy atom. The summed E-state index contributed by atoms with van der Waals surface area (Å²) in [6.45, 7) is 0. The highest BCUT2D eigenvalue weighted by molar-refractivity contribution is 7.97. The Bertz CT molecular complexity index is 570. The van der Waals surface area contributed by atoms with E-state index < -0.39 is 6.03 Å². The summed E-state index contributed by atoms with van der Waals surface area (Å²) in [6, 6.07) is 10.3. The van der Waals surface area contributed by atoms with Crippen molar-refractivity contribution in [3.05, 3.63) is 59.0 Å². The van der Waals surface area contributed by atoms with Gasteiger partial charge < -0.3 is 4.42 Å². The van der Waals surface area contributed by atoms with Crippen molar-refractivity contribution in [3.8, 4) is 0 Å². The van der Waals surface area contributed by atoms with Gasteiger partial charge in [-0.1, -0.05) is 23.7 Å². The van der Waals surface area contributed by atoms with Crippen molar-refractivity contribution in [1.29, 1.82) is 0 Å². The van der Waals surface area contributed by atoms with Crippen molar-refractivity contribution in [3.63, 3.8) is 0 Å². The van der Waals surface area contributed by atoms with E-state index >= 15 is 0 Å². The number of hydrazone groups is 1. The molecule has 0 atom stereocenters. The maximum atomic E-state index is 11.4. The van der Waals surface area contributed by atoms with Crippen molar-refractivity contribution in [2.45, 2.75) is 5.75 Å². The first-order chi connectivity index (χ1) is 9.74. The first-order valence-electron chi connectivity index (χ1n) is 5.73. The van der Waals surface area contributed by atoms with E-state index in [2.05, 4.69) is 15.2 Å². The van der Waals surface area contributed by atoms with Gasteiger partial charge >= 0.3 is 6.03 Å². The molecule has 0 fully saturated rings. The van der Waals surface area contributed by atoms with Crippen LogP contribution in [0.5, 0.6) is 0 Å². The third-order valence-electron chi connectivity index (χ3n) is 2.21. The standard InChI is InChI=1S/C13H12ClN3O2S/c14-11-5-3-10(4-6-11)8-15-16-13(18)17-20-9-12-2-1-7-19-12/h1-8H,9H2,(H2,16,17,18)/b15-8+. The number of carbonyl (C=O) groups excluding carboxylic acids is 1. The molecule has 1 heterocycles. The Kier molecular flexibility index (Phi) is 5.52. The van der Waals surface area contributed by atoms with E-state index in [1.54, 1.807) is 36.6 Å². The number of hydrogen-bond acceptors (Lipinski definition) is 4. The number of hydrogen-bond donors (Lipinski definition) is 2. The van der Waals surface area contributed by atoms with Gasteiger partial charge in [-0.3, -0.25) is 4.72 Å². The Morgan fingerprint density at radius 3 is 2.85 bits per heavy atom. The second kappa shape index (κ2) is 7.62. The van der Waals surface area contributed by atoms with E-state index in [-0.39, 0.29) is 0 Å². The minimum absolute atomic E-state index is 0.397. The summed E-state index contributed by atoms with van der Waals surface area (Å²) in [5.74, 6) is 1.35. The SMILES string of the molecule is O=C(N/N=C/c1ccc(Cl)cc1)NSCc1ccco1. The lowest BCUT2D eigenvalue weighted by atomic mass is 10.2. The largest absolute Gasteiger partial charge is 0.468 e. The Balaban J connectivity index is 1.68. The Hall–Kier alpha value is -1.92. The zero-order valence-corrected chi connectivity index (χ0v) is 11.9. The van der Waals surface area contributed by atoms with Gasteiger partial charge in [-0.15, -0.1) is 0 Å². The lowest BCUT2D eigenvalue weighted by molar-refractivity contribution is 0.247. The maximum Gasteiger partial charge on any atom is 0.345 e. The number of nitrogens with zero attached hydrogens (tertiary/aromatic N) is 1. The lowest BCUT2D eigenvalue weighted by Gasteiger charge is -2.01. The van der Waals surface area contributed by atoms with E-state index in [1.807, 2.05) is 6.07 Å². The summed E-state index contributed by atoms with van der Waals surface area (Å²) in [6.07, 6.45) is 3.12. The molecule has 20 heavy (non-hydrogen) atoms. The van der Waals surface area contributed by atoms with E-state index in [9.17, 15) is 4.79 Å². The molecule has 104 valence electrons. The van der Waals surface area contributed by atoms with E-state index in [4.69, 9.17) is 16.0 Å². The fraction of sp³-hybridized carbons (Fsp3) is 0.0769. The van der Waals surface area contributed by atoms with Crippen LogP contribution < -0.4 is 10.1 Å². The quantitative estimate of drug-likeness (QED) is 0.505. The molecule has 2 aromatic rings. The predicted octanol–water partition coefficient (Wildman–Crippen LogP) is 3.41. The molecule has 7 heteroatoms. The van der Waals surface area contributed by atoms with Gasteiger partial charge in [-0.05, 0) is 41.8 Å². The van der Waals surface area contributed by atoms with Crippen molar-refractivity contribution in [1.82, 2.24) is 10.1 Å². The smallest absolute Gasteiger partial charge is 0.345 e. The summed E-state index contributed by atoms with van der Waals surface area (Å²) in [7, 11) is 0. The van der Waals surface area contributed by atoms with Crippen LogP contribution in [0.25, 0.3) is 0 Å². The molecule has 1 aromatic heterocycles. The number of nitrogens with one attached hydrogen (secondary N) is 2. The lowest BCUT2D eigenvalue weighted by Crippen LogP contribution is -2.27. The van der Waals surface area contributed by atoms with Gasteiger partial charge in [0.1, 0.15) is 5.76 Å². The van der Waals surface area contributed by atoms with E-state index in [0.717, 1.165) is 11.3 Å². The molecular weight excluding hydrogens is 298 g/mol. The van der Waals surface area contributed by atoms with Crippen LogP contribution in [0.4, 0.5) is 4.79 Å². The van der Waals surface area contributed by atoms with Crippen molar-refractivity contribution >= 4 is 35.8 Å². The van der Waals surface area contributed by atoms with Gasteiger partial charge in [0.25, 0.3) is 0 Å². The zero-order chi connectivity index (χ0) is 14.2. The molecule has 0 saturated carbocycles. The molecular formula is C13H12ClN3O2S. The highest BCUT2D eigenvalue weighted by atomic mass is 35.5. The van der Waals surface area contributed by atoms with Crippen molar-refractivity contribution in [2.75, 3.05) is 0 Å². The van der Waals surface area contributed by atoms with Crippen LogP contribution in [0.3, 0.4) is 0 Å². The second-order valence-electron chi connectivity index (χ2n) is 3.72. The molecule has 0 aliphatic rings. The van der Waals surface area contributed by atoms with Crippen molar-refractivity contribution < 1.29 is 9.21 Å². The van der Waals surface area contributed by atoms with Crippen LogP contribution in [0, 0.1) is 0 Å². The third-order valence-corrected chi connectivity index (χ3v) is 3.22. The van der Waals surface area contributed by atoms with Crippen LogP contribution in [-0.4, -0.2) is 12.2 Å². The molecule has 2 N–H and O–H groups in total. The van der Waals surface area contributed by atoms with Gasteiger partial charge in [-0.25, -0.2) is 10.2 Å². The monoisotopic (exact) mass is 309 g/mol. The number of rotatable bonds is 5. The molecule has 0 spiro atoms. The normalized spacial score (nSPS) is 10.7. The Labute approximate surface area is 125 Å². The molecule has 2 amide bonds. The predicted molar refractivity (Wildman–Crippen MR) is 80.7 cm³/mol. The first-order valence-corrected chi connectivity index (χ1v) is 7.09. The fourth-order valence-corrected chi connectivity index (χ4v) is 1.99. The molecule has 5 nitrogen and oxygen atoms in total. The van der Waals surface area contributed by atoms with Gasteiger partial charge in [0.05, 0.1) is 18.2 Å². The fourth-order valence-electron chi connectivity index (χ4n) is 1.30.